The second-order valence-electron chi connectivity index (χ2n) is 6.13. The van der Waals surface area contributed by atoms with E-state index in [4.69, 9.17) is 0 Å². The van der Waals surface area contributed by atoms with Gasteiger partial charge in [-0.3, -0.25) is 12.2 Å². The Bertz CT molecular complexity index is 452. The summed E-state index contributed by atoms with van der Waals surface area (Å²) in [6, 6.07) is 0. The van der Waals surface area contributed by atoms with Gasteiger partial charge >= 0.3 is 59.5 Å². The summed E-state index contributed by atoms with van der Waals surface area (Å²) >= 11 is 1.69. The summed E-state index contributed by atoms with van der Waals surface area (Å²) in [6.45, 7) is 8.47. The first-order valence-corrected chi connectivity index (χ1v) is 9.29. The molecule has 0 radical (unpaired) electrons. The SMILES string of the molecule is CC1=C(C)C[C-]=C1.CC1=[C-]C(C)C=C1.[Zr+2]=[C]1CCCCC1. The molecule has 0 heterocycles. The molecule has 0 aromatic rings. The zero-order chi connectivity index (χ0) is 15.7. The third-order valence-electron chi connectivity index (χ3n) is 3.91. The molecule has 1 saturated carbocycles. The van der Waals surface area contributed by atoms with Crippen LogP contribution in [0, 0.1) is 18.1 Å². The third kappa shape index (κ3) is 8.67. The minimum atomic E-state index is 0.556. The van der Waals surface area contributed by atoms with E-state index in [-0.39, 0.29) is 0 Å². The van der Waals surface area contributed by atoms with Gasteiger partial charge in [0.1, 0.15) is 0 Å². The van der Waals surface area contributed by atoms with E-state index < -0.39 is 0 Å². The van der Waals surface area contributed by atoms with E-state index >= 15 is 0 Å². The fraction of sp³-hybridized carbons (Fsp3) is 0.550. The molecular formula is C20H28Zr. The van der Waals surface area contributed by atoms with E-state index in [1.807, 2.05) is 0 Å². The number of allylic oxidation sites excluding steroid dienone is 8. The van der Waals surface area contributed by atoms with Gasteiger partial charge in [0.2, 0.25) is 0 Å². The van der Waals surface area contributed by atoms with Gasteiger partial charge in [0.25, 0.3) is 0 Å². The Hall–Kier alpha value is -0.287. The van der Waals surface area contributed by atoms with E-state index in [1.54, 1.807) is 27.4 Å². The van der Waals surface area contributed by atoms with Gasteiger partial charge in [-0.15, -0.1) is 13.3 Å². The van der Waals surface area contributed by atoms with E-state index in [0.717, 1.165) is 6.42 Å². The normalized spacial score (nSPS) is 23.4. The van der Waals surface area contributed by atoms with Gasteiger partial charge in [0.15, 0.2) is 0 Å². The number of hydrogen-bond donors (Lipinski definition) is 0. The molecule has 3 rings (SSSR count). The van der Waals surface area contributed by atoms with Crippen LogP contribution in [0.5, 0.6) is 0 Å². The molecule has 0 N–H and O–H groups in total. The average Bonchev–Trinajstić information content (AvgIpc) is 3.01. The number of hydrogen-bond acceptors (Lipinski definition) is 0. The Labute approximate surface area is 146 Å². The molecule has 1 heteroatoms. The van der Waals surface area contributed by atoms with Crippen molar-refractivity contribution in [1.82, 2.24) is 0 Å². The van der Waals surface area contributed by atoms with Crippen LogP contribution in [0.25, 0.3) is 0 Å². The molecule has 1 atom stereocenters. The fourth-order valence-corrected chi connectivity index (χ4v) is 3.21. The van der Waals surface area contributed by atoms with Crippen molar-refractivity contribution in [1.29, 1.82) is 0 Å². The van der Waals surface area contributed by atoms with E-state index in [2.05, 4.69) is 58.1 Å². The average molecular weight is 360 g/mol. The van der Waals surface area contributed by atoms with Crippen LogP contribution >= 0.6 is 0 Å². The van der Waals surface area contributed by atoms with Crippen molar-refractivity contribution < 1.29 is 24.2 Å². The first kappa shape index (κ1) is 18.8. The molecule has 0 aliphatic heterocycles. The van der Waals surface area contributed by atoms with Crippen LogP contribution in [0.4, 0.5) is 0 Å². The Morgan fingerprint density at radius 1 is 1.10 bits per heavy atom. The van der Waals surface area contributed by atoms with E-state index in [9.17, 15) is 0 Å². The Morgan fingerprint density at radius 3 is 1.95 bits per heavy atom. The van der Waals surface area contributed by atoms with Gasteiger partial charge < -0.3 is 0 Å². The standard InChI is InChI=1S/2C7H9.C6H10.Zr/c1-6-3-4-7(2)5-6;1-6-4-3-5-7(6)2;1-2-4-6-5-3-1;/h3-4,6H,1-2H3;4H,5H2,1-2H3;1-5H2;/q2*-1;;+2. The molecule has 1 fully saturated rings. The monoisotopic (exact) mass is 358 g/mol. The second kappa shape index (κ2) is 10.4. The molecule has 0 amide bonds. The molecule has 21 heavy (non-hydrogen) atoms. The van der Waals surface area contributed by atoms with Gasteiger partial charge in [-0.25, -0.2) is 23.3 Å². The maximum absolute atomic E-state index is 3.22. The number of rotatable bonds is 0. The first-order valence-electron chi connectivity index (χ1n) is 8.06. The zero-order valence-corrected chi connectivity index (χ0v) is 16.5. The second-order valence-corrected chi connectivity index (χ2v) is 7.87. The van der Waals surface area contributed by atoms with Crippen molar-refractivity contribution in [3.8, 4) is 0 Å². The summed E-state index contributed by atoms with van der Waals surface area (Å²) in [5.74, 6) is 0.556. The Balaban J connectivity index is 0.000000157. The molecule has 3 aliphatic rings. The molecule has 0 spiro atoms. The van der Waals surface area contributed by atoms with Crippen LogP contribution in [-0.2, 0) is 24.2 Å². The van der Waals surface area contributed by atoms with Crippen LogP contribution in [0.2, 0.25) is 0 Å². The zero-order valence-electron chi connectivity index (χ0n) is 14.1. The van der Waals surface area contributed by atoms with Crippen molar-refractivity contribution in [3.63, 3.8) is 0 Å². The van der Waals surface area contributed by atoms with Crippen molar-refractivity contribution >= 4 is 3.21 Å². The van der Waals surface area contributed by atoms with Crippen LogP contribution in [0.3, 0.4) is 0 Å². The van der Waals surface area contributed by atoms with Crippen molar-refractivity contribution in [2.45, 2.75) is 66.2 Å². The summed E-state index contributed by atoms with van der Waals surface area (Å²) in [4.78, 5) is 0. The summed E-state index contributed by atoms with van der Waals surface area (Å²) in [7, 11) is 0. The Kier molecular flexibility index (Phi) is 9.33. The van der Waals surface area contributed by atoms with Crippen molar-refractivity contribution in [2.75, 3.05) is 0 Å². The van der Waals surface area contributed by atoms with Crippen molar-refractivity contribution in [3.05, 3.63) is 47.1 Å². The van der Waals surface area contributed by atoms with E-state index in [1.165, 1.54) is 48.8 Å². The third-order valence-corrected chi connectivity index (χ3v) is 5.14. The van der Waals surface area contributed by atoms with Gasteiger partial charge in [0, 0.05) is 0 Å². The van der Waals surface area contributed by atoms with E-state index in [0.29, 0.717) is 5.92 Å². The van der Waals surface area contributed by atoms with Crippen LogP contribution in [-0.4, -0.2) is 3.21 Å². The van der Waals surface area contributed by atoms with Gasteiger partial charge in [-0.1, -0.05) is 26.7 Å². The summed E-state index contributed by atoms with van der Waals surface area (Å²) in [5, 5.41) is 0. The van der Waals surface area contributed by atoms with Gasteiger partial charge in [-0.2, -0.15) is 11.6 Å². The summed E-state index contributed by atoms with van der Waals surface area (Å²) in [5.41, 5.74) is 4.12. The van der Waals surface area contributed by atoms with Gasteiger partial charge in [0.05, 0.1) is 0 Å². The fourth-order valence-electron chi connectivity index (χ4n) is 2.34. The topological polar surface area (TPSA) is 0 Å². The predicted octanol–water partition coefficient (Wildman–Crippen LogP) is 5.70. The van der Waals surface area contributed by atoms with Crippen LogP contribution in [0.15, 0.2) is 34.9 Å². The summed E-state index contributed by atoms with van der Waals surface area (Å²) < 4.78 is 1.80. The Morgan fingerprint density at radius 2 is 1.76 bits per heavy atom. The molecule has 0 aromatic carbocycles. The molecular weight excluding hydrogens is 331 g/mol. The quantitative estimate of drug-likeness (QED) is 0.487. The molecule has 1 unspecified atom stereocenters. The molecule has 0 bridgehead atoms. The van der Waals surface area contributed by atoms with Crippen molar-refractivity contribution in [2.24, 2.45) is 5.92 Å². The molecule has 112 valence electrons. The van der Waals surface area contributed by atoms with Gasteiger partial charge in [-0.05, 0) is 0 Å². The molecule has 3 aliphatic carbocycles. The first-order chi connectivity index (χ1) is 9.99. The summed E-state index contributed by atoms with van der Waals surface area (Å²) in [6.07, 6.45) is 21.0. The van der Waals surface area contributed by atoms with Crippen LogP contribution < -0.4 is 0 Å². The molecule has 0 saturated heterocycles. The maximum atomic E-state index is 3.22. The molecule has 0 aromatic heterocycles. The predicted molar refractivity (Wildman–Crippen MR) is 89.6 cm³/mol. The minimum absolute atomic E-state index is 0.556. The molecule has 0 nitrogen and oxygen atoms in total. The van der Waals surface area contributed by atoms with Crippen LogP contribution in [0.1, 0.15) is 66.2 Å².